The Morgan fingerprint density at radius 1 is 1.24 bits per heavy atom. The molecule has 0 unspecified atom stereocenters. The van der Waals surface area contributed by atoms with Gasteiger partial charge in [0.25, 0.3) is 5.91 Å². The lowest BCUT2D eigenvalue weighted by Crippen LogP contribution is -2.43. The van der Waals surface area contributed by atoms with Gasteiger partial charge in [-0.15, -0.1) is 0 Å². The number of rotatable bonds is 6. The number of aliphatic hydroxyl groups is 1. The maximum absolute atomic E-state index is 12.5. The van der Waals surface area contributed by atoms with Gasteiger partial charge in [0.1, 0.15) is 6.04 Å². The highest BCUT2D eigenvalue weighted by atomic mass is 19.4. The number of carbonyl (C=O) groups is 2. The molecule has 138 valence electrons. The van der Waals surface area contributed by atoms with Gasteiger partial charge in [0.15, 0.2) is 6.10 Å². The number of hydrogen-bond acceptors (Lipinski definition) is 4. The molecule has 0 saturated carbocycles. The van der Waals surface area contributed by atoms with Crippen molar-refractivity contribution in [2.75, 3.05) is 7.11 Å². The summed E-state index contributed by atoms with van der Waals surface area (Å²) in [5, 5.41) is 12.3. The van der Waals surface area contributed by atoms with Crippen LogP contribution in [0.5, 0.6) is 0 Å². The first-order chi connectivity index (χ1) is 11.6. The second kappa shape index (κ2) is 8.66. The molecule has 1 amide bonds. The third-order valence-corrected chi connectivity index (χ3v) is 3.37. The Morgan fingerprint density at radius 2 is 1.80 bits per heavy atom. The average Bonchev–Trinajstić information content (AvgIpc) is 2.56. The summed E-state index contributed by atoms with van der Waals surface area (Å²) in [6, 6.07) is 2.56. The van der Waals surface area contributed by atoms with Gasteiger partial charge >= 0.3 is 12.1 Å². The number of esters is 1. The highest BCUT2D eigenvalue weighted by molar-refractivity contribution is 5.87. The van der Waals surface area contributed by atoms with Crippen molar-refractivity contribution < 1.29 is 32.6 Å². The highest BCUT2D eigenvalue weighted by Crippen LogP contribution is 2.30. The van der Waals surface area contributed by atoms with E-state index in [2.05, 4.69) is 10.1 Å². The van der Waals surface area contributed by atoms with Crippen molar-refractivity contribution in [3.8, 4) is 0 Å². The van der Waals surface area contributed by atoms with Crippen LogP contribution in [0.15, 0.2) is 35.9 Å². The average molecular weight is 359 g/mol. The van der Waals surface area contributed by atoms with Gasteiger partial charge < -0.3 is 15.2 Å². The Bertz CT molecular complexity index is 634. The van der Waals surface area contributed by atoms with E-state index in [0.29, 0.717) is 0 Å². The van der Waals surface area contributed by atoms with Gasteiger partial charge in [0.2, 0.25) is 0 Å². The van der Waals surface area contributed by atoms with Gasteiger partial charge in [-0.25, -0.2) is 4.79 Å². The summed E-state index contributed by atoms with van der Waals surface area (Å²) in [7, 11) is 1.16. The number of aliphatic hydroxyl groups excluding tert-OH is 1. The summed E-state index contributed by atoms with van der Waals surface area (Å²) in [4.78, 5) is 23.8. The summed E-state index contributed by atoms with van der Waals surface area (Å²) >= 11 is 0. The maximum Gasteiger partial charge on any atom is 0.416 e. The number of ether oxygens (including phenoxy) is 1. The third kappa shape index (κ3) is 6.22. The van der Waals surface area contributed by atoms with Gasteiger partial charge in [-0.1, -0.05) is 23.8 Å². The smallest absolute Gasteiger partial charge is 0.416 e. The molecule has 0 aliphatic rings. The minimum absolute atomic E-state index is 0.0173. The van der Waals surface area contributed by atoms with Crippen LogP contribution in [0.2, 0.25) is 0 Å². The number of halogens is 3. The lowest BCUT2D eigenvalue weighted by Gasteiger charge is -2.18. The van der Waals surface area contributed by atoms with Crippen molar-refractivity contribution in [3.63, 3.8) is 0 Å². The fourth-order valence-electron chi connectivity index (χ4n) is 1.97. The van der Waals surface area contributed by atoms with Crippen LogP contribution in [0.3, 0.4) is 0 Å². The van der Waals surface area contributed by atoms with E-state index in [1.165, 1.54) is 0 Å². The van der Waals surface area contributed by atoms with Crippen molar-refractivity contribution >= 4 is 11.9 Å². The fraction of sp³-hybridized carbons (Fsp3) is 0.412. The van der Waals surface area contributed by atoms with Crippen molar-refractivity contribution in [1.82, 2.24) is 5.32 Å². The number of hydrogen-bond donors (Lipinski definition) is 2. The molecule has 1 aromatic rings. The molecule has 0 saturated heterocycles. The first-order valence-corrected chi connectivity index (χ1v) is 7.43. The van der Waals surface area contributed by atoms with Crippen molar-refractivity contribution in [2.24, 2.45) is 0 Å². The zero-order valence-electron chi connectivity index (χ0n) is 14.1. The van der Waals surface area contributed by atoms with Gasteiger partial charge in [-0.05, 0) is 38.0 Å². The zero-order chi connectivity index (χ0) is 19.2. The molecule has 0 aliphatic heterocycles. The lowest BCUT2D eigenvalue weighted by atomic mass is 10.1. The molecule has 8 heteroatoms. The number of amides is 1. The lowest BCUT2D eigenvalue weighted by molar-refractivity contribution is -0.146. The molecular formula is C17H20F3NO4. The van der Waals surface area contributed by atoms with Crippen LogP contribution in [-0.4, -0.2) is 30.1 Å². The zero-order valence-corrected chi connectivity index (χ0v) is 14.1. The predicted octanol–water partition coefficient (Wildman–Crippen LogP) is 2.75. The van der Waals surface area contributed by atoms with E-state index in [-0.39, 0.29) is 12.0 Å². The summed E-state index contributed by atoms with van der Waals surface area (Å²) in [5.41, 5.74) is 0.0163. The summed E-state index contributed by atoms with van der Waals surface area (Å²) in [6.07, 6.45) is -4.33. The van der Waals surface area contributed by atoms with Gasteiger partial charge in [-0.3, -0.25) is 4.79 Å². The quantitative estimate of drug-likeness (QED) is 0.605. The molecule has 2 atom stereocenters. The molecule has 0 aromatic heterocycles. The van der Waals surface area contributed by atoms with E-state index in [4.69, 9.17) is 0 Å². The summed E-state index contributed by atoms with van der Waals surface area (Å²) < 4.78 is 42.2. The number of alkyl halides is 3. The van der Waals surface area contributed by atoms with Gasteiger partial charge in [0, 0.05) is 0 Å². The first kappa shape index (κ1) is 20.7. The van der Waals surface area contributed by atoms with Crippen molar-refractivity contribution in [3.05, 3.63) is 47.0 Å². The van der Waals surface area contributed by atoms with E-state index in [9.17, 15) is 27.9 Å². The monoisotopic (exact) mass is 359 g/mol. The normalized spacial score (nSPS) is 13.6. The minimum Gasteiger partial charge on any atom is -0.467 e. The minimum atomic E-state index is -4.51. The van der Waals surface area contributed by atoms with Crippen LogP contribution in [0.1, 0.15) is 37.5 Å². The largest absolute Gasteiger partial charge is 0.467 e. The molecule has 2 N–H and O–H groups in total. The van der Waals surface area contributed by atoms with Crippen molar-refractivity contribution in [2.45, 2.75) is 38.6 Å². The molecular weight excluding hydrogens is 339 g/mol. The molecule has 0 spiro atoms. The van der Waals surface area contributed by atoms with Crippen LogP contribution in [-0.2, 0) is 20.5 Å². The van der Waals surface area contributed by atoms with E-state index in [0.717, 1.165) is 36.9 Å². The number of allylic oxidation sites excluding steroid dienone is 1. The molecule has 0 heterocycles. The van der Waals surface area contributed by atoms with E-state index in [1.807, 2.05) is 13.8 Å². The molecule has 1 aromatic carbocycles. The van der Waals surface area contributed by atoms with Gasteiger partial charge in [-0.2, -0.15) is 13.2 Å². The molecule has 0 bridgehead atoms. The van der Waals surface area contributed by atoms with E-state index >= 15 is 0 Å². The number of methoxy groups -OCH3 is 1. The Morgan fingerprint density at radius 3 is 2.24 bits per heavy atom. The molecule has 5 nitrogen and oxygen atoms in total. The first-order valence-electron chi connectivity index (χ1n) is 7.43. The van der Waals surface area contributed by atoms with Crippen LogP contribution in [0, 0.1) is 0 Å². The van der Waals surface area contributed by atoms with E-state index < -0.39 is 35.8 Å². The van der Waals surface area contributed by atoms with E-state index in [1.54, 1.807) is 6.08 Å². The Balaban J connectivity index is 2.86. The van der Waals surface area contributed by atoms with Crippen LogP contribution < -0.4 is 5.32 Å². The van der Waals surface area contributed by atoms with Crippen LogP contribution in [0.4, 0.5) is 13.2 Å². The molecule has 1 rings (SSSR count). The molecule has 0 aliphatic carbocycles. The topological polar surface area (TPSA) is 75.6 Å². The summed E-state index contributed by atoms with van der Waals surface area (Å²) in [6.45, 7) is 3.63. The Labute approximate surface area is 143 Å². The summed E-state index contributed by atoms with van der Waals surface area (Å²) in [5.74, 6) is -1.59. The standard InChI is InChI=1S/C17H20F3NO4/c1-10(2)4-9-13(16(24)25-3)21-15(23)14(22)11-5-7-12(8-6-11)17(18,19)20/h4-8,13-14,22H,9H2,1-3H3,(H,21,23)/t13-,14-/m0/s1. The SMILES string of the molecule is COC(=O)[C@H](CC=C(C)C)NC(=O)[C@@H](O)c1ccc(C(F)(F)F)cc1. The number of nitrogens with one attached hydrogen (secondary N) is 1. The molecule has 0 radical (unpaired) electrons. The number of carbonyl (C=O) groups excluding carboxylic acids is 2. The third-order valence-electron chi connectivity index (χ3n) is 3.37. The maximum atomic E-state index is 12.5. The number of benzene rings is 1. The Hall–Kier alpha value is -2.35. The predicted molar refractivity (Wildman–Crippen MR) is 84.4 cm³/mol. The Kier molecular flexibility index (Phi) is 7.17. The highest BCUT2D eigenvalue weighted by Gasteiger charge is 2.31. The second-order valence-electron chi connectivity index (χ2n) is 5.62. The second-order valence-corrected chi connectivity index (χ2v) is 5.62. The van der Waals surface area contributed by atoms with Crippen LogP contribution >= 0.6 is 0 Å². The molecule has 0 fully saturated rings. The van der Waals surface area contributed by atoms with Crippen LogP contribution in [0.25, 0.3) is 0 Å². The van der Waals surface area contributed by atoms with Crippen molar-refractivity contribution in [1.29, 1.82) is 0 Å². The molecule has 25 heavy (non-hydrogen) atoms. The fourth-order valence-corrected chi connectivity index (χ4v) is 1.97. The van der Waals surface area contributed by atoms with Gasteiger partial charge in [0.05, 0.1) is 12.7 Å².